The predicted molar refractivity (Wildman–Crippen MR) is 51.8 cm³/mol. The van der Waals surface area contributed by atoms with E-state index in [2.05, 4.69) is 20.9 Å². The largest absolute Gasteiger partial charge is 0.397 e. The van der Waals surface area contributed by atoms with Crippen molar-refractivity contribution >= 4 is 21.6 Å². The molecule has 4 heteroatoms. The van der Waals surface area contributed by atoms with Gasteiger partial charge in [-0.1, -0.05) is 0 Å². The molecule has 2 N–H and O–H groups in total. The van der Waals surface area contributed by atoms with E-state index in [9.17, 15) is 0 Å². The normalized spacial score (nSPS) is 12.9. The standard InChI is InChI=1S/C8H11BrN2O/c1-5(12-2)8-6(9)3-11-4-7(8)10/h3-5H,10H2,1-2H3. The van der Waals surface area contributed by atoms with Crippen LogP contribution in [0.5, 0.6) is 0 Å². The van der Waals surface area contributed by atoms with Gasteiger partial charge in [0.25, 0.3) is 0 Å². The number of halogens is 1. The molecular weight excluding hydrogens is 220 g/mol. The SMILES string of the molecule is COC(C)c1c(N)cncc1Br. The Kier molecular flexibility index (Phi) is 3.05. The Morgan fingerprint density at radius 2 is 2.25 bits per heavy atom. The fraction of sp³-hybridized carbons (Fsp3) is 0.375. The summed E-state index contributed by atoms with van der Waals surface area (Å²) < 4.78 is 6.05. The Balaban J connectivity index is 3.12. The van der Waals surface area contributed by atoms with Gasteiger partial charge in [-0.15, -0.1) is 0 Å². The van der Waals surface area contributed by atoms with E-state index >= 15 is 0 Å². The molecule has 0 fully saturated rings. The number of pyridine rings is 1. The molecule has 0 aliphatic rings. The van der Waals surface area contributed by atoms with Crippen LogP contribution >= 0.6 is 15.9 Å². The van der Waals surface area contributed by atoms with Gasteiger partial charge in [0.15, 0.2) is 0 Å². The van der Waals surface area contributed by atoms with E-state index in [4.69, 9.17) is 10.5 Å². The number of methoxy groups -OCH3 is 1. The second-order valence-corrected chi connectivity index (χ2v) is 3.36. The van der Waals surface area contributed by atoms with Crippen LogP contribution < -0.4 is 5.73 Å². The molecule has 1 aromatic heterocycles. The number of anilines is 1. The molecule has 1 unspecified atom stereocenters. The lowest BCUT2D eigenvalue weighted by atomic mass is 10.1. The lowest BCUT2D eigenvalue weighted by Gasteiger charge is -2.13. The second kappa shape index (κ2) is 3.87. The molecule has 0 aliphatic carbocycles. The summed E-state index contributed by atoms with van der Waals surface area (Å²) in [6, 6.07) is 0. The van der Waals surface area contributed by atoms with Crippen LogP contribution in [0.4, 0.5) is 5.69 Å². The van der Waals surface area contributed by atoms with Gasteiger partial charge < -0.3 is 10.5 Å². The zero-order valence-electron chi connectivity index (χ0n) is 7.04. The van der Waals surface area contributed by atoms with Crippen molar-refractivity contribution in [3.63, 3.8) is 0 Å². The Labute approximate surface area is 80.1 Å². The predicted octanol–water partition coefficient (Wildman–Crippen LogP) is 2.13. The van der Waals surface area contributed by atoms with Crippen molar-refractivity contribution in [2.24, 2.45) is 0 Å². The number of aromatic nitrogens is 1. The van der Waals surface area contributed by atoms with E-state index < -0.39 is 0 Å². The highest BCUT2D eigenvalue weighted by Crippen LogP contribution is 2.29. The van der Waals surface area contributed by atoms with Gasteiger partial charge in [-0.05, 0) is 22.9 Å². The number of nitrogens with two attached hydrogens (primary N) is 1. The highest BCUT2D eigenvalue weighted by molar-refractivity contribution is 9.10. The zero-order valence-corrected chi connectivity index (χ0v) is 8.63. The van der Waals surface area contributed by atoms with Gasteiger partial charge >= 0.3 is 0 Å². The smallest absolute Gasteiger partial charge is 0.0825 e. The molecule has 0 saturated heterocycles. The van der Waals surface area contributed by atoms with Crippen LogP contribution in [0, 0.1) is 0 Å². The Hall–Kier alpha value is -0.610. The van der Waals surface area contributed by atoms with Crippen LogP contribution in [0.1, 0.15) is 18.6 Å². The average molecular weight is 231 g/mol. The van der Waals surface area contributed by atoms with Crippen molar-refractivity contribution < 1.29 is 4.74 Å². The molecule has 12 heavy (non-hydrogen) atoms. The van der Waals surface area contributed by atoms with Crippen LogP contribution in [0.25, 0.3) is 0 Å². The summed E-state index contributed by atoms with van der Waals surface area (Å²) in [4.78, 5) is 3.93. The van der Waals surface area contributed by atoms with E-state index in [1.807, 2.05) is 6.92 Å². The van der Waals surface area contributed by atoms with Gasteiger partial charge in [0.05, 0.1) is 18.0 Å². The van der Waals surface area contributed by atoms with Gasteiger partial charge in [-0.3, -0.25) is 4.98 Å². The van der Waals surface area contributed by atoms with Gasteiger partial charge in [-0.2, -0.15) is 0 Å². The maximum absolute atomic E-state index is 5.73. The maximum Gasteiger partial charge on any atom is 0.0825 e. The first-order valence-electron chi connectivity index (χ1n) is 3.58. The van der Waals surface area contributed by atoms with Gasteiger partial charge in [0.2, 0.25) is 0 Å². The molecule has 1 aromatic rings. The molecule has 0 bridgehead atoms. The van der Waals surface area contributed by atoms with Crippen LogP contribution in [0.2, 0.25) is 0 Å². The Morgan fingerprint density at radius 1 is 1.58 bits per heavy atom. The Morgan fingerprint density at radius 3 is 2.75 bits per heavy atom. The molecular formula is C8H11BrN2O. The molecule has 0 aromatic carbocycles. The van der Waals surface area contributed by atoms with E-state index in [0.29, 0.717) is 5.69 Å². The third kappa shape index (κ3) is 1.76. The van der Waals surface area contributed by atoms with Crippen LogP contribution in [-0.4, -0.2) is 12.1 Å². The summed E-state index contributed by atoms with van der Waals surface area (Å²) >= 11 is 3.37. The van der Waals surface area contributed by atoms with Crippen molar-refractivity contribution in [1.29, 1.82) is 0 Å². The van der Waals surface area contributed by atoms with Crippen molar-refractivity contribution in [3.05, 3.63) is 22.4 Å². The minimum atomic E-state index is -0.0117. The molecule has 0 saturated carbocycles. The van der Waals surface area contributed by atoms with Crippen LogP contribution in [0.15, 0.2) is 16.9 Å². The van der Waals surface area contributed by atoms with Crippen LogP contribution in [-0.2, 0) is 4.74 Å². The first-order valence-corrected chi connectivity index (χ1v) is 4.37. The average Bonchev–Trinajstić information content (AvgIpc) is 2.03. The molecule has 1 heterocycles. The number of ether oxygens (including phenoxy) is 1. The van der Waals surface area contributed by atoms with Crippen molar-refractivity contribution in [2.45, 2.75) is 13.0 Å². The van der Waals surface area contributed by atoms with E-state index in [-0.39, 0.29) is 6.10 Å². The summed E-state index contributed by atoms with van der Waals surface area (Å²) in [5, 5.41) is 0. The first kappa shape index (κ1) is 9.48. The van der Waals surface area contributed by atoms with Crippen molar-refractivity contribution in [3.8, 4) is 0 Å². The molecule has 3 nitrogen and oxygen atoms in total. The van der Waals surface area contributed by atoms with E-state index in [1.165, 1.54) is 0 Å². The summed E-state index contributed by atoms with van der Waals surface area (Å²) in [5.41, 5.74) is 7.33. The monoisotopic (exact) mass is 230 g/mol. The number of rotatable bonds is 2. The minimum absolute atomic E-state index is 0.0117. The molecule has 1 atom stereocenters. The topological polar surface area (TPSA) is 48.1 Å². The third-order valence-corrected chi connectivity index (χ3v) is 2.36. The molecule has 0 amide bonds. The van der Waals surface area contributed by atoms with Gasteiger partial charge in [0, 0.05) is 23.3 Å². The summed E-state index contributed by atoms with van der Waals surface area (Å²) in [6.45, 7) is 1.94. The van der Waals surface area contributed by atoms with E-state index in [0.717, 1.165) is 10.0 Å². The van der Waals surface area contributed by atoms with Gasteiger partial charge in [0.1, 0.15) is 0 Å². The summed E-state index contributed by atoms with van der Waals surface area (Å²) in [7, 11) is 1.65. The first-order chi connectivity index (χ1) is 5.66. The van der Waals surface area contributed by atoms with Gasteiger partial charge in [-0.25, -0.2) is 0 Å². The lowest BCUT2D eigenvalue weighted by molar-refractivity contribution is 0.119. The molecule has 0 aliphatic heterocycles. The third-order valence-electron chi connectivity index (χ3n) is 1.73. The number of nitrogen functional groups attached to an aromatic ring is 1. The quantitative estimate of drug-likeness (QED) is 0.848. The van der Waals surface area contributed by atoms with Crippen LogP contribution in [0.3, 0.4) is 0 Å². The molecule has 66 valence electrons. The molecule has 1 rings (SSSR count). The minimum Gasteiger partial charge on any atom is -0.397 e. The zero-order chi connectivity index (χ0) is 9.14. The summed E-state index contributed by atoms with van der Waals surface area (Å²) in [5.74, 6) is 0. The number of nitrogens with zero attached hydrogens (tertiary/aromatic N) is 1. The second-order valence-electron chi connectivity index (χ2n) is 2.50. The fourth-order valence-electron chi connectivity index (χ4n) is 1.01. The van der Waals surface area contributed by atoms with E-state index in [1.54, 1.807) is 19.5 Å². The Bertz CT molecular complexity index is 258. The number of hydrogen-bond acceptors (Lipinski definition) is 3. The molecule has 0 radical (unpaired) electrons. The van der Waals surface area contributed by atoms with Crippen molar-refractivity contribution in [1.82, 2.24) is 4.98 Å². The highest BCUT2D eigenvalue weighted by Gasteiger charge is 2.11. The lowest BCUT2D eigenvalue weighted by Crippen LogP contribution is -2.02. The summed E-state index contributed by atoms with van der Waals surface area (Å²) in [6.07, 6.45) is 3.32. The van der Waals surface area contributed by atoms with Crippen molar-refractivity contribution in [2.75, 3.05) is 12.8 Å². The number of hydrogen-bond donors (Lipinski definition) is 1. The maximum atomic E-state index is 5.73. The highest BCUT2D eigenvalue weighted by atomic mass is 79.9. The fourth-order valence-corrected chi connectivity index (χ4v) is 1.68. The molecule has 0 spiro atoms.